The first-order valence-electron chi connectivity index (χ1n) is 10.8. The maximum absolute atomic E-state index is 12.8. The van der Waals surface area contributed by atoms with Crippen LogP contribution in [-0.2, 0) is 19.1 Å². The molecule has 0 aromatic heterocycles. The Kier molecular flexibility index (Phi) is 7.64. The highest BCUT2D eigenvalue weighted by atomic mass is 32.2. The molecule has 11 nitrogen and oxygen atoms in total. The molecule has 0 spiro atoms. The largest absolute Gasteiger partial charge is 0.493 e. The Labute approximate surface area is 210 Å². The van der Waals surface area contributed by atoms with Crippen molar-refractivity contribution in [3.05, 3.63) is 46.9 Å². The predicted octanol–water partition coefficient (Wildman–Crippen LogP) is 3.04. The number of imide groups is 1. The Morgan fingerprint density at radius 1 is 1.11 bits per heavy atom. The van der Waals surface area contributed by atoms with Gasteiger partial charge in [-0.15, -0.1) is 0 Å². The summed E-state index contributed by atoms with van der Waals surface area (Å²) in [5.74, 6) is 0.0210. The fourth-order valence-electron chi connectivity index (χ4n) is 3.34. The lowest BCUT2D eigenvalue weighted by atomic mass is 10.2. The van der Waals surface area contributed by atoms with Gasteiger partial charge in [0.05, 0.1) is 18.6 Å². The lowest BCUT2D eigenvalue weighted by molar-refractivity contribution is -0.145. The highest BCUT2D eigenvalue weighted by Gasteiger charge is 2.36. The lowest BCUT2D eigenvalue weighted by Crippen LogP contribution is -2.36. The topological polar surface area (TPSA) is 130 Å². The molecule has 4 rings (SSSR count). The monoisotopic (exact) mass is 514 g/mol. The molecule has 0 atom stereocenters. The van der Waals surface area contributed by atoms with Gasteiger partial charge < -0.3 is 29.0 Å². The maximum Gasteiger partial charge on any atom is 0.344 e. The van der Waals surface area contributed by atoms with E-state index in [-0.39, 0.29) is 30.7 Å². The molecule has 1 saturated heterocycles. The highest BCUT2D eigenvalue weighted by Crippen LogP contribution is 2.36. The number of hydrogen-bond acceptors (Lipinski definition) is 10. The summed E-state index contributed by atoms with van der Waals surface area (Å²) >= 11 is 0.718. The Morgan fingerprint density at radius 3 is 2.69 bits per heavy atom. The smallest absolute Gasteiger partial charge is 0.344 e. The molecule has 3 amide bonds. The van der Waals surface area contributed by atoms with Gasteiger partial charge in [0.1, 0.15) is 6.54 Å². The van der Waals surface area contributed by atoms with Gasteiger partial charge in [0.2, 0.25) is 12.7 Å². The van der Waals surface area contributed by atoms with E-state index in [9.17, 15) is 19.2 Å². The molecule has 0 radical (unpaired) electrons. The minimum absolute atomic E-state index is 0.100. The van der Waals surface area contributed by atoms with E-state index in [4.69, 9.17) is 23.7 Å². The van der Waals surface area contributed by atoms with Crippen molar-refractivity contribution in [2.24, 2.45) is 0 Å². The first-order valence-corrected chi connectivity index (χ1v) is 11.6. The zero-order valence-corrected chi connectivity index (χ0v) is 20.2. The third-order valence-electron chi connectivity index (χ3n) is 4.97. The molecule has 2 aromatic carbocycles. The molecule has 2 aromatic rings. The van der Waals surface area contributed by atoms with Crippen molar-refractivity contribution in [3.63, 3.8) is 0 Å². The Morgan fingerprint density at radius 2 is 1.92 bits per heavy atom. The summed E-state index contributed by atoms with van der Waals surface area (Å²) in [5, 5.41) is 2.07. The first-order chi connectivity index (χ1) is 17.4. The van der Waals surface area contributed by atoms with E-state index < -0.39 is 29.6 Å². The number of amides is 3. The molecule has 0 bridgehead atoms. The number of thioether (sulfide) groups is 1. The third-order valence-corrected chi connectivity index (χ3v) is 5.88. The van der Waals surface area contributed by atoms with Crippen LogP contribution in [0.3, 0.4) is 0 Å². The van der Waals surface area contributed by atoms with E-state index in [2.05, 4.69) is 5.32 Å². The number of fused-ring (bicyclic) bond motifs is 1. The SMILES string of the molecule is CCOC(=O)COc1cc(/C=C2\SC(=O)N(CC(=O)Nc3ccc4c(c3)OCO4)C2=O)ccc1OC. The summed E-state index contributed by atoms with van der Waals surface area (Å²) < 4.78 is 26.1. The van der Waals surface area contributed by atoms with Crippen LogP contribution in [0.5, 0.6) is 23.0 Å². The van der Waals surface area contributed by atoms with Gasteiger partial charge in [-0.25, -0.2) is 4.79 Å². The molecule has 1 N–H and O–H groups in total. The zero-order chi connectivity index (χ0) is 25.7. The van der Waals surface area contributed by atoms with E-state index in [0.717, 1.165) is 16.7 Å². The molecular weight excluding hydrogens is 492 g/mol. The second-order valence-electron chi connectivity index (χ2n) is 7.39. The Balaban J connectivity index is 1.42. The van der Waals surface area contributed by atoms with Gasteiger partial charge in [-0.05, 0) is 54.6 Å². The summed E-state index contributed by atoms with van der Waals surface area (Å²) in [6.07, 6.45) is 1.50. The standard InChI is InChI=1S/C24H22N2O9S/c1-3-32-22(28)12-33-18-8-14(4-6-16(18)31-2)9-20-23(29)26(24(30)36-20)11-21(27)25-15-5-7-17-19(10-15)35-13-34-17/h4-10H,3,11-13H2,1-2H3,(H,25,27)/b20-9-. The van der Waals surface area contributed by atoms with Crippen LogP contribution in [0.2, 0.25) is 0 Å². The molecular formula is C24H22N2O9S. The van der Waals surface area contributed by atoms with Crippen LogP contribution >= 0.6 is 11.8 Å². The van der Waals surface area contributed by atoms with Crippen LogP contribution in [0.15, 0.2) is 41.3 Å². The molecule has 36 heavy (non-hydrogen) atoms. The normalized spacial score (nSPS) is 15.3. The van der Waals surface area contributed by atoms with Gasteiger partial charge in [-0.2, -0.15) is 0 Å². The fraction of sp³-hybridized carbons (Fsp3) is 0.250. The second kappa shape index (κ2) is 11.0. The summed E-state index contributed by atoms with van der Waals surface area (Å²) in [6.45, 7) is 1.25. The molecule has 1 fully saturated rings. The van der Waals surface area contributed by atoms with Gasteiger partial charge in [-0.3, -0.25) is 19.3 Å². The molecule has 2 aliphatic rings. The Bertz CT molecular complexity index is 1240. The van der Waals surface area contributed by atoms with Gasteiger partial charge in [0, 0.05) is 11.8 Å². The van der Waals surface area contributed by atoms with Crippen LogP contribution in [0.25, 0.3) is 6.08 Å². The van der Waals surface area contributed by atoms with Gasteiger partial charge >= 0.3 is 5.97 Å². The van der Waals surface area contributed by atoms with Gasteiger partial charge in [0.25, 0.3) is 11.1 Å². The quantitative estimate of drug-likeness (QED) is 0.394. The minimum Gasteiger partial charge on any atom is -0.493 e. The summed E-state index contributed by atoms with van der Waals surface area (Å²) in [6, 6.07) is 9.72. The van der Waals surface area contributed by atoms with Crippen molar-refractivity contribution in [1.29, 1.82) is 0 Å². The van der Waals surface area contributed by atoms with Crippen molar-refractivity contribution in [1.82, 2.24) is 4.90 Å². The molecule has 0 saturated carbocycles. The van der Waals surface area contributed by atoms with E-state index in [1.807, 2.05) is 0 Å². The average molecular weight is 515 g/mol. The zero-order valence-electron chi connectivity index (χ0n) is 19.4. The number of methoxy groups -OCH3 is 1. The van der Waals surface area contributed by atoms with Gasteiger partial charge in [-0.1, -0.05) is 6.07 Å². The van der Waals surface area contributed by atoms with E-state index in [1.54, 1.807) is 43.3 Å². The molecule has 188 valence electrons. The number of esters is 1. The predicted molar refractivity (Wildman–Crippen MR) is 129 cm³/mol. The summed E-state index contributed by atoms with van der Waals surface area (Å²) in [4.78, 5) is 50.4. The van der Waals surface area contributed by atoms with E-state index in [1.165, 1.54) is 13.2 Å². The summed E-state index contributed by atoms with van der Waals surface area (Å²) in [5.41, 5.74) is 0.977. The van der Waals surface area contributed by atoms with Crippen molar-refractivity contribution in [2.45, 2.75) is 6.92 Å². The number of anilines is 1. The molecule has 12 heteroatoms. The number of nitrogens with one attached hydrogen (secondary N) is 1. The van der Waals surface area contributed by atoms with Crippen molar-refractivity contribution in [3.8, 4) is 23.0 Å². The summed E-state index contributed by atoms with van der Waals surface area (Å²) in [7, 11) is 1.45. The number of carbonyl (C=O) groups excluding carboxylic acids is 4. The number of carbonyl (C=O) groups is 4. The maximum atomic E-state index is 12.8. The number of rotatable bonds is 9. The molecule has 2 aliphatic heterocycles. The average Bonchev–Trinajstić information content (AvgIpc) is 3.42. The van der Waals surface area contributed by atoms with Crippen LogP contribution < -0.4 is 24.3 Å². The highest BCUT2D eigenvalue weighted by molar-refractivity contribution is 8.18. The Hall–Kier alpha value is -4.19. The van der Waals surface area contributed by atoms with E-state index >= 15 is 0 Å². The van der Waals surface area contributed by atoms with Crippen molar-refractivity contribution < 1.29 is 42.9 Å². The third kappa shape index (κ3) is 5.71. The number of benzene rings is 2. The van der Waals surface area contributed by atoms with Crippen LogP contribution in [-0.4, -0.2) is 61.6 Å². The lowest BCUT2D eigenvalue weighted by Gasteiger charge is -2.13. The van der Waals surface area contributed by atoms with Crippen LogP contribution in [0, 0.1) is 0 Å². The molecule has 0 unspecified atom stereocenters. The minimum atomic E-state index is -0.601. The number of hydrogen-bond donors (Lipinski definition) is 1. The van der Waals surface area contributed by atoms with Crippen molar-refractivity contribution in [2.75, 3.05) is 39.0 Å². The second-order valence-corrected chi connectivity index (χ2v) is 8.38. The van der Waals surface area contributed by atoms with Crippen LogP contribution in [0.1, 0.15) is 12.5 Å². The van der Waals surface area contributed by atoms with Crippen LogP contribution in [0.4, 0.5) is 10.5 Å². The number of nitrogens with zero attached hydrogens (tertiary/aromatic N) is 1. The number of ether oxygens (including phenoxy) is 5. The first kappa shape index (κ1) is 24.9. The molecule has 2 heterocycles. The molecule has 0 aliphatic carbocycles. The van der Waals surface area contributed by atoms with Gasteiger partial charge in [0.15, 0.2) is 29.6 Å². The fourth-order valence-corrected chi connectivity index (χ4v) is 4.18. The van der Waals surface area contributed by atoms with E-state index in [0.29, 0.717) is 28.5 Å². The van der Waals surface area contributed by atoms with Crippen molar-refractivity contribution >= 4 is 46.5 Å².